The van der Waals surface area contributed by atoms with Gasteiger partial charge in [-0.05, 0) is 0 Å². The van der Waals surface area contributed by atoms with Crippen LogP contribution in [0.15, 0.2) is 50.4 Å². The highest BCUT2D eigenvalue weighted by molar-refractivity contribution is 5.07. The number of hydrogen-bond acceptors (Lipinski definition) is 6. The lowest BCUT2D eigenvalue weighted by molar-refractivity contribution is 0.402. The van der Waals surface area contributed by atoms with Gasteiger partial charge in [0.05, 0.1) is 19.6 Å². The fourth-order valence-corrected chi connectivity index (χ4v) is 1.90. The Morgan fingerprint density at radius 2 is 0.857 bits per heavy atom. The summed E-state index contributed by atoms with van der Waals surface area (Å²) < 4.78 is 17.4. The van der Waals surface area contributed by atoms with Crippen molar-refractivity contribution in [3.63, 3.8) is 0 Å². The maximum absolute atomic E-state index is 12.3. The highest BCUT2D eigenvalue weighted by Gasteiger charge is 2.24. The van der Waals surface area contributed by atoms with Gasteiger partial charge in [-0.1, -0.05) is 0 Å². The molecule has 4 heterocycles. The number of nitrogens with zero attached hydrogens (tertiary/aromatic N) is 3. The molecule has 4 rings (SSSR count). The second-order valence-electron chi connectivity index (χ2n) is 4.71. The standard InChI is InChI=1S/C12H9N3O6/c16-10-13(1-7-4-19-7)11(17)15(3-9-6-21-9)12(18)14(10)2-8-5-20-8/h4-6H,1-3H2. The largest absolute Gasteiger partial charge is 0.461 e. The van der Waals surface area contributed by atoms with Gasteiger partial charge in [-0.25, -0.2) is 28.1 Å². The first kappa shape index (κ1) is 11.8. The SMILES string of the molecule is O=c1n(CC2=CO2)c(=O)n(CC2=CO2)c(=O)n1CC1=CO1. The summed E-state index contributed by atoms with van der Waals surface area (Å²) in [6.07, 6.45) is 4.31. The molecule has 1 aromatic rings. The van der Waals surface area contributed by atoms with Crippen molar-refractivity contribution in [3.05, 3.63) is 67.5 Å². The molecule has 0 atom stereocenters. The molecule has 0 N–H and O–H groups in total. The molecule has 0 amide bonds. The molecule has 3 aliphatic heterocycles. The molecule has 3 aliphatic rings. The van der Waals surface area contributed by atoms with Crippen molar-refractivity contribution < 1.29 is 14.2 Å². The Morgan fingerprint density at radius 1 is 0.619 bits per heavy atom. The second kappa shape index (κ2) is 4.01. The zero-order valence-corrected chi connectivity index (χ0v) is 10.6. The average molecular weight is 291 g/mol. The summed E-state index contributed by atoms with van der Waals surface area (Å²) in [6.45, 7) is -0.00668. The molecule has 9 heteroatoms. The molecule has 0 fully saturated rings. The van der Waals surface area contributed by atoms with Crippen LogP contribution in [0.5, 0.6) is 0 Å². The quantitative estimate of drug-likeness (QED) is 0.651. The highest BCUT2D eigenvalue weighted by atomic mass is 16.5. The minimum Gasteiger partial charge on any atom is -0.461 e. The Hall–Kier alpha value is -2.97. The lowest BCUT2D eigenvalue weighted by atomic mass is 10.5. The zero-order valence-electron chi connectivity index (χ0n) is 10.6. The van der Waals surface area contributed by atoms with Gasteiger partial charge in [0.15, 0.2) is 17.3 Å². The van der Waals surface area contributed by atoms with Gasteiger partial charge in [-0.2, -0.15) is 0 Å². The summed E-state index contributed by atoms with van der Waals surface area (Å²) in [4.78, 5) is 36.9. The van der Waals surface area contributed by atoms with Gasteiger partial charge < -0.3 is 14.2 Å². The third-order valence-corrected chi connectivity index (χ3v) is 3.18. The second-order valence-corrected chi connectivity index (χ2v) is 4.71. The van der Waals surface area contributed by atoms with Crippen LogP contribution >= 0.6 is 0 Å². The van der Waals surface area contributed by atoms with E-state index in [-0.39, 0.29) is 19.6 Å². The van der Waals surface area contributed by atoms with Crippen molar-refractivity contribution in [2.45, 2.75) is 19.6 Å². The molecule has 1 aromatic heterocycles. The van der Waals surface area contributed by atoms with Crippen LogP contribution in [-0.2, 0) is 33.8 Å². The average Bonchev–Trinajstić information content (AvgIpc) is 3.31. The topological polar surface area (TPSA) is 104 Å². The molecule has 9 nitrogen and oxygen atoms in total. The van der Waals surface area contributed by atoms with E-state index in [0.29, 0.717) is 17.3 Å². The van der Waals surface area contributed by atoms with Crippen LogP contribution < -0.4 is 17.1 Å². The zero-order chi connectivity index (χ0) is 14.6. The van der Waals surface area contributed by atoms with Crippen LogP contribution in [0.2, 0.25) is 0 Å². The Morgan fingerprint density at radius 3 is 1.05 bits per heavy atom. The fourth-order valence-electron chi connectivity index (χ4n) is 1.90. The first-order chi connectivity index (χ1) is 10.1. The molecular formula is C12H9N3O6. The van der Waals surface area contributed by atoms with Gasteiger partial charge in [0.2, 0.25) is 0 Å². The number of allylic oxidation sites excluding steroid dienone is 3. The molecule has 0 saturated carbocycles. The van der Waals surface area contributed by atoms with Gasteiger partial charge >= 0.3 is 17.1 Å². The summed E-state index contributed by atoms with van der Waals surface area (Å²) >= 11 is 0. The van der Waals surface area contributed by atoms with Gasteiger partial charge in [-0.3, -0.25) is 0 Å². The summed E-state index contributed by atoms with van der Waals surface area (Å²) in [5.41, 5.74) is -2.08. The molecule has 0 unspecified atom stereocenters. The van der Waals surface area contributed by atoms with Crippen LogP contribution in [0.4, 0.5) is 0 Å². The van der Waals surface area contributed by atoms with E-state index in [9.17, 15) is 14.4 Å². The van der Waals surface area contributed by atoms with Crippen molar-refractivity contribution in [3.8, 4) is 0 Å². The summed E-state index contributed by atoms with van der Waals surface area (Å²) in [7, 11) is 0. The van der Waals surface area contributed by atoms with E-state index >= 15 is 0 Å². The van der Waals surface area contributed by atoms with Crippen LogP contribution in [0.3, 0.4) is 0 Å². The van der Waals surface area contributed by atoms with Gasteiger partial charge in [0, 0.05) is 0 Å². The molecule has 0 aromatic carbocycles. The van der Waals surface area contributed by atoms with E-state index in [1.165, 1.54) is 18.8 Å². The number of aromatic nitrogens is 3. The smallest absolute Gasteiger partial charge is 0.337 e. The first-order valence-electron chi connectivity index (χ1n) is 6.15. The Labute approximate surface area is 116 Å². The number of rotatable bonds is 6. The van der Waals surface area contributed by atoms with Crippen molar-refractivity contribution in [2.24, 2.45) is 0 Å². The van der Waals surface area contributed by atoms with Crippen molar-refractivity contribution in [1.29, 1.82) is 0 Å². The number of hydrogen-bond donors (Lipinski definition) is 0. The summed E-state index contributed by atoms with van der Waals surface area (Å²) in [5.74, 6) is 1.53. The van der Waals surface area contributed by atoms with Gasteiger partial charge in [-0.15, -0.1) is 0 Å². The molecule has 0 radical (unpaired) electrons. The maximum atomic E-state index is 12.3. The van der Waals surface area contributed by atoms with E-state index in [1.54, 1.807) is 0 Å². The van der Waals surface area contributed by atoms with Gasteiger partial charge in [0.1, 0.15) is 18.8 Å². The van der Waals surface area contributed by atoms with Crippen LogP contribution in [0.1, 0.15) is 0 Å². The first-order valence-corrected chi connectivity index (χ1v) is 6.15. The normalized spacial score (nSPS) is 16.9. The van der Waals surface area contributed by atoms with Crippen LogP contribution in [0, 0.1) is 0 Å². The molecule has 0 bridgehead atoms. The van der Waals surface area contributed by atoms with Crippen molar-refractivity contribution in [1.82, 2.24) is 13.7 Å². The summed E-state index contributed by atoms with van der Waals surface area (Å²) in [6, 6.07) is 0. The van der Waals surface area contributed by atoms with Crippen LogP contribution in [0.25, 0.3) is 0 Å². The van der Waals surface area contributed by atoms with E-state index in [2.05, 4.69) is 0 Å². The minimum atomic E-state index is -0.695. The van der Waals surface area contributed by atoms with Gasteiger partial charge in [0.25, 0.3) is 0 Å². The highest BCUT2D eigenvalue weighted by Crippen LogP contribution is 2.16. The van der Waals surface area contributed by atoms with Crippen molar-refractivity contribution >= 4 is 0 Å². The molecule has 21 heavy (non-hydrogen) atoms. The van der Waals surface area contributed by atoms with Crippen LogP contribution in [-0.4, -0.2) is 13.7 Å². The molecule has 0 spiro atoms. The van der Waals surface area contributed by atoms with E-state index in [1.807, 2.05) is 0 Å². The Kier molecular flexibility index (Phi) is 2.26. The van der Waals surface area contributed by atoms with Crippen molar-refractivity contribution in [2.75, 3.05) is 0 Å². The monoisotopic (exact) mass is 291 g/mol. The lowest BCUT2D eigenvalue weighted by Gasteiger charge is -2.10. The summed E-state index contributed by atoms with van der Waals surface area (Å²) in [5, 5.41) is 0. The lowest BCUT2D eigenvalue weighted by Crippen LogP contribution is -2.54. The maximum Gasteiger partial charge on any atom is 0.337 e. The van der Waals surface area contributed by atoms with E-state index in [4.69, 9.17) is 14.2 Å². The fraction of sp³-hybridized carbons (Fsp3) is 0.250. The van der Waals surface area contributed by atoms with E-state index in [0.717, 1.165) is 13.7 Å². The molecule has 108 valence electrons. The predicted octanol–water partition coefficient (Wildman–Crippen LogP) is -1.21. The molecule has 0 aliphatic carbocycles. The predicted molar refractivity (Wildman–Crippen MR) is 66.7 cm³/mol. The minimum absolute atomic E-state index is 0.00223. The molecule has 0 saturated heterocycles. The number of ether oxygens (including phenoxy) is 3. The third-order valence-electron chi connectivity index (χ3n) is 3.18. The Balaban J connectivity index is 1.87. The molecular weight excluding hydrogens is 282 g/mol. The van der Waals surface area contributed by atoms with E-state index < -0.39 is 17.1 Å². The third kappa shape index (κ3) is 2.18. The Bertz CT molecular complexity index is 761.